The molecule has 0 aliphatic heterocycles. The van der Waals surface area contributed by atoms with Crippen LogP contribution in [0.25, 0.3) is 5.57 Å². The molecule has 0 aromatic heterocycles. The van der Waals surface area contributed by atoms with Crippen LogP contribution in [-0.4, -0.2) is 0 Å². The lowest BCUT2D eigenvalue weighted by atomic mass is 9.87. The Morgan fingerprint density at radius 1 is 1.17 bits per heavy atom. The van der Waals surface area contributed by atoms with Gasteiger partial charge in [-0.25, -0.2) is 0 Å². The highest BCUT2D eigenvalue weighted by Gasteiger charge is 2.10. The summed E-state index contributed by atoms with van der Waals surface area (Å²) in [6, 6.07) is 8.79. The van der Waals surface area contributed by atoms with E-state index in [-0.39, 0.29) is 0 Å². The van der Waals surface area contributed by atoms with Gasteiger partial charge in [0.25, 0.3) is 0 Å². The van der Waals surface area contributed by atoms with E-state index in [0.717, 1.165) is 12.0 Å². The first kappa shape index (κ1) is 14.5. The van der Waals surface area contributed by atoms with E-state index in [0.29, 0.717) is 5.41 Å². The van der Waals surface area contributed by atoms with Crippen LogP contribution in [-0.2, 0) is 6.42 Å². The highest BCUT2D eigenvalue weighted by Crippen LogP contribution is 2.22. The summed E-state index contributed by atoms with van der Waals surface area (Å²) < 4.78 is 0. The lowest BCUT2D eigenvalue weighted by Gasteiger charge is -2.18. The van der Waals surface area contributed by atoms with E-state index in [1.165, 1.54) is 11.1 Å². The zero-order valence-electron chi connectivity index (χ0n) is 12.0. The van der Waals surface area contributed by atoms with Crippen LogP contribution >= 0.6 is 0 Å². The first-order valence-corrected chi connectivity index (χ1v) is 6.51. The molecule has 0 spiro atoms. The molecule has 1 aromatic rings. The Morgan fingerprint density at radius 2 is 1.78 bits per heavy atom. The Hall–Kier alpha value is -1.56. The molecule has 0 heterocycles. The van der Waals surface area contributed by atoms with Crippen LogP contribution in [0.3, 0.4) is 0 Å². The normalized spacial score (nSPS) is 13.0. The number of allylic oxidation sites excluding steroid dienone is 5. The van der Waals surface area contributed by atoms with Crippen LogP contribution in [0, 0.1) is 5.41 Å². The SMILES string of the molecule is C=C/C(=C\C=C/C)c1ccc(CC(C)(C)C)cc1. The third-order valence-electron chi connectivity index (χ3n) is 2.71. The Kier molecular flexibility index (Phi) is 5.15. The van der Waals surface area contributed by atoms with Gasteiger partial charge in [0.15, 0.2) is 0 Å². The predicted molar refractivity (Wildman–Crippen MR) is 82.6 cm³/mol. The Morgan fingerprint density at radius 3 is 2.22 bits per heavy atom. The van der Waals surface area contributed by atoms with E-state index in [9.17, 15) is 0 Å². The van der Waals surface area contributed by atoms with Gasteiger partial charge in [-0.2, -0.15) is 0 Å². The van der Waals surface area contributed by atoms with Gasteiger partial charge in [-0.15, -0.1) is 0 Å². The molecule has 0 atom stereocenters. The molecule has 0 aliphatic rings. The van der Waals surface area contributed by atoms with Crippen molar-refractivity contribution in [1.29, 1.82) is 0 Å². The monoisotopic (exact) mass is 240 g/mol. The Bertz CT molecular complexity index is 436. The molecule has 1 aromatic carbocycles. The molecule has 0 bridgehead atoms. The quantitative estimate of drug-likeness (QED) is 0.616. The van der Waals surface area contributed by atoms with Gasteiger partial charge < -0.3 is 0 Å². The van der Waals surface area contributed by atoms with Gasteiger partial charge in [0.05, 0.1) is 0 Å². The zero-order chi connectivity index (χ0) is 13.6. The minimum absolute atomic E-state index is 0.337. The average Bonchev–Trinajstić information content (AvgIpc) is 2.30. The van der Waals surface area contributed by atoms with Gasteiger partial charge in [0.2, 0.25) is 0 Å². The van der Waals surface area contributed by atoms with Crippen LogP contribution in [0.1, 0.15) is 38.8 Å². The van der Waals surface area contributed by atoms with E-state index in [2.05, 4.69) is 57.7 Å². The summed E-state index contributed by atoms with van der Waals surface area (Å²) in [5.41, 5.74) is 4.11. The second kappa shape index (κ2) is 6.39. The van der Waals surface area contributed by atoms with Crippen LogP contribution < -0.4 is 0 Å². The number of benzene rings is 1. The highest BCUT2D eigenvalue weighted by molar-refractivity contribution is 5.74. The molecule has 1 rings (SSSR count). The molecule has 96 valence electrons. The molecule has 18 heavy (non-hydrogen) atoms. The van der Waals surface area contributed by atoms with E-state index >= 15 is 0 Å². The average molecular weight is 240 g/mol. The fraction of sp³-hybridized carbons (Fsp3) is 0.333. The smallest absolute Gasteiger partial charge is 0.0184 e. The molecule has 0 unspecified atom stereocenters. The van der Waals surface area contributed by atoms with Crippen molar-refractivity contribution >= 4 is 5.57 Å². The Balaban J connectivity index is 2.91. The number of hydrogen-bond donors (Lipinski definition) is 0. The molecule has 0 fully saturated rings. The molecule has 0 radical (unpaired) electrons. The van der Waals surface area contributed by atoms with E-state index in [1.54, 1.807) is 0 Å². The van der Waals surface area contributed by atoms with Crippen LogP contribution in [0.5, 0.6) is 0 Å². The molecule has 0 heteroatoms. The fourth-order valence-corrected chi connectivity index (χ4v) is 1.91. The molecule has 0 saturated carbocycles. The van der Waals surface area contributed by atoms with Crippen LogP contribution in [0.4, 0.5) is 0 Å². The molecular weight excluding hydrogens is 216 g/mol. The second-order valence-electron chi connectivity index (χ2n) is 5.79. The van der Waals surface area contributed by atoms with E-state index in [4.69, 9.17) is 0 Å². The minimum atomic E-state index is 0.337. The first-order chi connectivity index (χ1) is 8.46. The summed E-state index contributed by atoms with van der Waals surface area (Å²) in [5.74, 6) is 0. The highest BCUT2D eigenvalue weighted by atomic mass is 14.2. The van der Waals surface area contributed by atoms with Gasteiger partial charge in [-0.3, -0.25) is 0 Å². The van der Waals surface area contributed by atoms with Gasteiger partial charge in [-0.1, -0.05) is 75.9 Å². The molecule has 0 saturated heterocycles. The third-order valence-corrected chi connectivity index (χ3v) is 2.71. The van der Waals surface area contributed by atoms with Crippen molar-refractivity contribution in [1.82, 2.24) is 0 Å². The summed E-state index contributed by atoms with van der Waals surface area (Å²) >= 11 is 0. The van der Waals surface area contributed by atoms with E-state index < -0.39 is 0 Å². The maximum Gasteiger partial charge on any atom is -0.0184 e. The van der Waals surface area contributed by atoms with Crippen LogP contribution in [0.2, 0.25) is 0 Å². The van der Waals surface area contributed by atoms with Crippen molar-refractivity contribution in [3.63, 3.8) is 0 Å². The summed E-state index contributed by atoms with van der Waals surface area (Å²) in [5, 5.41) is 0. The lowest BCUT2D eigenvalue weighted by Crippen LogP contribution is -2.08. The number of hydrogen-bond acceptors (Lipinski definition) is 0. The molecular formula is C18H24. The van der Waals surface area contributed by atoms with Crippen molar-refractivity contribution in [2.24, 2.45) is 5.41 Å². The minimum Gasteiger partial charge on any atom is -0.0984 e. The van der Waals surface area contributed by atoms with Gasteiger partial charge in [0.1, 0.15) is 0 Å². The summed E-state index contributed by atoms with van der Waals surface area (Å²) in [4.78, 5) is 0. The maximum absolute atomic E-state index is 3.87. The fourth-order valence-electron chi connectivity index (χ4n) is 1.91. The molecule has 0 nitrogen and oxygen atoms in total. The third kappa shape index (κ3) is 4.75. The second-order valence-corrected chi connectivity index (χ2v) is 5.79. The maximum atomic E-state index is 3.87. The van der Waals surface area contributed by atoms with Crippen molar-refractivity contribution in [3.8, 4) is 0 Å². The standard InChI is InChI=1S/C18H24/c1-6-8-9-16(7-2)17-12-10-15(11-13-17)14-18(3,4)5/h6-13H,2,14H2,1,3-5H3/b8-6-,16-9+. The first-order valence-electron chi connectivity index (χ1n) is 6.51. The molecule has 0 aliphatic carbocycles. The zero-order valence-corrected chi connectivity index (χ0v) is 12.0. The van der Waals surface area contributed by atoms with Gasteiger partial charge >= 0.3 is 0 Å². The van der Waals surface area contributed by atoms with E-state index in [1.807, 2.05) is 25.2 Å². The molecule has 0 N–H and O–H groups in total. The van der Waals surface area contributed by atoms with Gasteiger partial charge in [-0.05, 0) is 35.5 Å². The topological polar surface area (TPSA) is 0 Å². The summed E-state index contributed by atoms with van der Waals surface area (Å²) in [6.07, 6.45) is 9.16. The largest absolute Gasteiger partial charge is 0.0984 e. The van der Waals surface area contributed by atoms with Crippen molar-refractivity contribution in [3.05, 3.63) is 66.3 Å². The predicted octanol–water partition coefficient (Wildman–Crippen LogP) is 5.42. The Labute approximate surface area is 112 Å². The van der Waals surface area contributed by atoms with Crippen LogP contribution in [0.15, 0.2) is 55.1 Å². The van der Waals surface area contributed by atoms with Crippen molar-refractivity contribution in [2.45, 2.75) is 34.1 Å². The van der Waals surface area contributed by atoms with Crippen molar-refractivity contribution < 1.29 is 0 Å². The molecule has 0 amide bonds. The lowest BCUT2D eigenvalue weighted by molar-refractivity contribution is 0.411. The van der Waals surface area contributed by atoms with Crippen molar-refractivity contribution in [2.75, 3.05) is 0 Å². The van der Waals surface area contributed by atoms with Gasteiger partial charge in [0, 0.05) is 0 Å². The summed E-state index contributed by atoms with van der Waals surface area (Å²) in [6.45, 7) is 12.7. The number of rotatable bonds is 4. The summed E-state index contributed by atoms with van der Waals surface area (Å²) in [7, 11) is 0.